The first-order chi connectivity index (χ1) is 6.17. The highest BCUT2D eigenvalue weighted by atomic mass is 16.1. The molecule has 0 fully saturated rings. The first-order valence-corrected chi connectivity index (χ1v) is 4.02. The van der Waals surface area contributed by atoms with E-state index in [1.165, 1.54) is 6.08 Å². The lowest BCUT2D eigenvalue weighted by atomic mass is 9.80. The molecule has 1 aliphatic carbocycles. The fourth-order valence-corrected chi connectivity index (χ4v) is 1.19. The second-order valence-corrected chi connectivity index (χ2v) is 2.91. The zero-order valence-electron chi connectivity index (χ0n) is 7.37. The van der Waals surface area contributed by atoms with Crippen LogP contribution in [0.25, 0.3) is 0 Å². The Morgan fingerprint density at radius 2 is 2.38 bits per heavy atom. The molecule has 0 amide bonds. The molecule has 0 aromatic rings. The lowest BCUT2D eigenvalue weighted by Crippen LogP contribution is -2.17. The van der Waals surface area contributed by atoms with E-state index >= 15 is 0 Å². The Morgan fingerprint density at radius 1 is 1.69 bits per heavy atom. The van der Waals surface area contributed by atoms with E-state index in [9.17, 15) is 4.79 Å². The van der Waals surface area contributed by atoms with Gasteiger partial charge < -0.3 is 0 Å². The van der Waals surface area contributed by atoms with Gasteiger partial charge in [0, 0.05) is 0 Å². The smallest absolute Gasteiger partial charge is 0.195 e. The van der Waals surface area contributed by atoms with Gasteiger partial charge in [-0.3, -0.25) is 4.79 Å². The van der Waals surface area contributed by atoms with Crippen molar-refractivity contribution in [2.45, 2.75) is 13.3 Å². The zero-order valence-corrected chi connectivity index (χ0v) is 7.37. The molecular weight excluding hydrogens is 162 g/mol. The predicted octanol–water partition coefficient (Wildman–Crippen LogP) is 1.60. The maximum absolute atomic E-state index is 11.1. The van der Waals surface area contributed by atoms with Gasteiger partial charge in [0.2, 0.25) is 0 Å². The molecule has 1 rings (SSSR count). The van der Waals surface area contributed by atoms with Crippen LogP contribution in [0.15, 0.2) is 23.8 Å². The van der Waals surface area contributed by atoms with Crippen molar-refractivity contribution in [2.24, 2.45) is 5.41 Å². The number of terminal acetylenes is 1. The number of nitriles is 1. The molecule has 0 aliphatic heterocycles. The number of allylic oxidation sites excluding steroid dienone is 4. The molecule has 0 spiro atoms. The predicted molar refractivity (Wildman–Crippen MR) is 49.4 cm³/mol. The molecule has 2 nitrogen and oxygen atoms in total. The van der Waals surface area contributed by atoms with Gasteiger partial charge in [0.25, 0.3) is 0 Å². The van der Waals surface area contributed by atoms with Gasteiger partial charge in [-0.05, 0) is 18.6 Å². The minimum absolute atomic E-state index is 0.141. The van der Waals surface area contributed by atoms with E-state index in [1.54, 1.807) is 12.2 Å². The van der Waals surface area contributed by atoms with Crippen molar-refractivity contribution in [2.75, 3.05) is 0 Å². The molecular formula is C11H9NO. The first kappa shape index (κ1) is 9.29. The van der Waals surface area contributed by atoms with E-state index < -0.39 is 5.41 Å². The van der Waals surface area contributed by atoms with Crippen LogP contribution >= 0.6 is 0 Å². The monoisotopic (exact) mass is 171 g/mol. The number of carbonyl (C=O) groups excluding carboxylic acids is 1. The van der Waals surface area contributed by atoms with Gasteiger partial charge in [0.05, 0.1) is 11.0 Å². The molecule has 1 atom stereocenters. The highest BCUT2D eigenvalue weighted by Crippen LogP contribution is 2.29. The molecule has 0 aromatic carbocycles. The van der Waals surface area contributed by atoms with E-state index in [4.69, 9.17) is 11.7 Å². The number of hydrogen-bond acceptors (Lipinski definition) is 2. The summed E-state index contributed by atoms with van der Waals surface area (Å²) in [6.07, 6.45) is 10.7. The molecule has 0 heterocycles. The van der Waals surface area contributed by atoms with Crippen LogP contribution in [-0.2, 0) is 4.79 Å². The molecule has 13 heavy (non-hydrogen) atoms. The third-order valence-corrected chi connectivity index (χ3v) is 2.17. The maximum Gasteiger partial charge on any atom is 0.195 e. The van der Waals surface area contributed by atoms with Crippen LogP contribution in [0.2, 0.25) is 0 Å². The topological polar surface area (TPSA) is 40.9 Å². The van der Waals surface area contributed by atoms with Gasteiger partial charge in [-0.2, -0.15) is 5.26 Å². The lowest BCUT2D eigenvalue weighted by molar-refractivity contribution is -0.111. The fraction of sp³-hybridized carbons (Fsp3) is 0.273. The number of rotatable bonds is 1. The number of hydrogen-bond donors (Lipinski definition) is 0. The van der Waals surface area contributed by atoms with Gasteiger partial charge in [0.1, 0.15) is 6.07 Å². The minimum Gasteiger partial charge on any atom is -0.289 e. The van der Waals surface area contributed by atoms with Crippen molar-refractivity contribution in [3.63, 3.8) is 0 Å². The van der Waals surface area contributed by atoms with Crippen LogP contribution in [0.4, 0.5) is 0 Å². The Hall–Kier alpha value is -1.80. The standard InChI is InChI=1S/C11H9NO/c1-3-11(4-2)6-5-10(13)9(7-11)8-12/h1,5-7H,4H2,2H3/t11-/m0/s1. The van der Waals surface area contributed by atoms with Gasteiger partial charge in [-0.15, -0.1) is 6.42 Å². The molecule has 0 aromatic heterocycles. The quantitative estimate of drug-likeness (QED) is 0.562. The average Bonchev–Trinajstić information content (AvgIpc) is 2.19. The average molecular weight is 171 g/mol. The van der Waals surface area contributed by atoms with Crippen molar-refractivity contribution in [1.29, 1.82) is 5.26 Å². The summed E-state index contributed by atoms with van der Waals surface area (Å²) >= 11 is 0. The number of nitrogens with zero attached hydrogens (tertiary/aromatic N) is 1. The summed E-state index contributed by atoms with van der Waals surface area (Å²) in [6, 6.07) is 1.84. The SMILES string of the molecule is C#C[C@]1(CC)C=CC(=O)C(C#N)=C1. The third kappa shape index (κ3) is 1.53. The Bertz CT molecular complexity index is 376. The van der Waals surface area contributed by atoms with Crippen LogP contribution < -0.4 is 0 Å². The van der Waals surface area contributed by atoms with Crippen LogP contribution in [0, 0.1) is 29.1 Å². The van der Waals surface area contributed by atoms with E-state index in [-0.39, 0.29) is 11.4 Å². The molecule has 0 radical (unpaired) electrons. The van der Waals surface area contributed by atoms with Gasteiger partial charge in [-0.25, -0.2) is 0 Å². The van der Waals surface area contributed by atoms with Gasteiger partial charge >= 0.3 is 0 Å². The van der Waals surface area contributed by atoms with Crippen molar-refractivity contribution in [3.05, 3.63) is 23.8 Å². The largest absolute Gasteiger partial charge is 0.289 e. The van der Waals surface area contributed by atoms with E-state index in [0.29, 0.717) is 6.42 Å². The summed E-state index contributed by atoms with van der Waals surface area (Å²) < 4.78 is 0. The Kier molecular flexibility index (Phi) is 2.35. The first-order valence-electron chi connectivity index (χ1n) is 4.02. The Balaban J connectivity index is 3.17. The zero-order chi connectivity index (χ0) is 9.90. The van der Waals surface area contributed by atoms with Crippen molar-refractivity contribution < 1.29 is 4.79 Å². The van der Waals surface area contributed by atoms with Crippen molar-refractivity contribution in [1.82, 2.24) is 0 Å². The van der Waals surface area contributed by atoms with Gasteiger partial charge in [-0.1, -0.05) is 18.9 Å². The summed E-state index contributed by atoms with van der Waals surface area (Å²) in [7, 11) is 0. The fourth-order valence-electron chi connectivity index (χ4n) is 1.19. The van der Waals surface area contributed by atoms with Crippen molar-refractivity contribution >= 4 is 5.78 Å². The van der Waals surface area contributed by atoms with Crippen LogP contribution in [0.3, 0.4) is 0 Å². The van der Waals surface area contributed by atoms with E-state index in [1.807, 2.05) is 13.0 Å². The minimum atomic E-state index is -0.543. The van der Waals surface area contributed by atoms with Crippen LogP contribution in [0.1, 0.15) is 13.3 Å². The molecule has 0 bridgehead atoms. The molecule has 0 saturated heterocycles. The van der Waals surface area contributed by atoms with Crippen molar-refractivity contribution in [3.8, 4) is 18.4 Å². The third-order valence-electron chi connectivity index (χ3n) is 2.17. The highest BCUT2D eigenvalue weighted by molar-refractivity contribution is 6.08. The van der Waals surface area contributed by atoms with E-state index in [0.717, 1.165) is 0 Å². The summed E-state index contributed by atoms with van der Waals surface area (Å²) in [5.74, 6) is 2.32. The Morgan fingerprint density at radius 3 is 2.85 bits per heavy atom. The second kappa shape index (κ2) is 3.29. The number of ketones is 1. The second-order valence-electron chi connectivity index (χ2n) is 2.91. The molecule has 0 N–H and O–H groups in total. The summed E-state index contributed by atoms with van der Waals surface area (Å²) in [5.41, 5.74) is -0.402. The summed E-state index contributed by atoms with van der Waals surface area (Å²) in [5, 5.41) is 8.64. The molecule has 64 valence electrons. The summed E-state index contributed by atoms with van der Waals surface area (Å²) in [4.78, 5) is 11.1. The van der Waals surface area contributed by atoms with Gasteiger partial charge in [0.15, 0.2) is 5.78 Å². The van der Waals surface area contributed by atoms with E-state index in [2.05, 4.69) is 5.92 Å². The highest BCUT2D eigenvalue weighted by Gasteiger charge is 2.25. The Labute approximate surface area is 77.6 Å². The number of carbonyl (C=O) groups is 1. The normalized spacial score (nSPS) is 26.1. The molecule has 2 heteroatoms. The lowest BCUT2D eigenvalue weighted by Gasteiger charge is -2.21. The maximum atomic E-state index is 11.1. The van der Waals surface area contributed by atoms with Crippen LogP contribution in [0.5, 0.6) is 0 Å². The molecule has 0 unspecified atom stereocenters. The summed E-state index contributed by atoms with van der Waals surface area (Å²) in [6.45, 7) is 1.92. The molecule has 0 saturated carbocycles. The molecule has 1 aliphatic rings. The van der Waals surface area contributed by atoms with Crippen LogP contribution in [-0.4, -0.2) is 5.78 Å².